The van der Waals surface area contributed by atoms with E-state index in [1.165, 1.54) is 11.1 Å². The summed E-state index contributed by atoms with van der Waals surface area (Å²) in [5.74, 6) is 0. The van der Waals surface area contributed by atoms with Crippen molar-refractivity contribution in [1.29, 1.82) is 0 Å². The van der Waals surface area contributed by atoms with Crippen LogP contribution in [0.25, 0.3) is 0 Å². The van der Waals surface area contributed by atoms with Gasteiger partial charge in [-0.2, -0.15) is 0 Å². The Kier molecular flexibility index (Phi) is 3.33. The summed E-state index contributed by atoms with van der Waals surface area (Å²) in [6.45, 7) is 2.84. The number of aryl methyl sites for hydroxylation is 1. The molecule has 0 atom stereocenters. The highest BCUT2D eigenvalue weighted by atomic mass is 79.9. The van der Waals surface area contributed by atoms with Crippen LogP contribution in [0.3, 0.4) is 0 Å². The maximum absolute atomic E-state index is 4.26. The lowest BCUT2D eigenvalue weighted by Gasteiger charge is -2.04. The molecule has 0 saturated carbocycles. The molecule has 0 aliphatic rings. The average Bonchev–Trinajstić information content (AvgIpc) is 2.63. The van der Waals surface area contributed by atoms with Crippen LogP contribution in [0.2, 0.25) is 0 Å². The molecular formula is C10H10BrN3S. The molecule has 15 heavy (non-hydrogen) atoms. The first-order valence-corrected chi connectivity index (χ1v) is 6.17. The van der Waals surface area contributed by atoms with Crippen LogP contribution in [0.5, 0.6) is 0 Å². The number of pyridine rings is 1. The fourth-order valence-electron chi connectivity index (χ4n) is 1.19. The number of anilines is 1. The summed E-state index contributed by atoms with van der Waals surface area (Å²) in [7, 11) is 0. The molecule has 2 rings (SSSR count). The molecule has 2 aromatic heterocycles. The van der Waals surface area contributed by atoms with E-state index < -0.39 is 0 Å². The molecule has 78 valence electrons. The zero-order valence-corrected chi connectivity index (χ0v) is 10.6. The molecule has 0 saturated heterocycles. The summed E-state index contributed by atoms with van der Waals surface area (Å²) in [6.07, 6.45) is 3.68. The lowest BCUT2D eigenvalue weighted by Crippen LogP contribution is -2.01. The fraction of sp³-hybridized carbons (Fsp3) is 0.200. The van der Waals surface area contributed by atoms with Crippen molar-refractivity contribution in [2.45, 2.75) is 13.5 Å². The third-order valence-electron chi connectivity index (χ3n) is 2.05. The molecule has 1 N–H and O–H groups in total. The summed E-state index contributed by atoms with van der Waals surface area (Å²) in [4.78, 5) is 8.36. The molecule has 0 aliphatic carbocycles. The van der Waals surface area contributed by atoms with E-state index in [2.05, 4.69) is 38.1 Å². The van der Waals surface area contributed by atoms with E-state index in [1.807, 2.05) is 17.6 Å². The molecule has 0 spiro atoms. The highest BCUT2D eigenvalue weighted by Crippen LogP contribution is 2.20. The summed E-state index contributed by atoms with van der Waals surface area (Å²) >= 11 is 4.90. The molecule has 0 unspecified atom stereocenters. The van der Waals surface area contributed by atoms with Crippen molar-refractivity contribution >= 4 is 32.4 Å². The predicted molar refractivity (Wildman–Crippen MR) is 66.1 cm³/mol. The zero-order chi connectivity index (χ0) is 10.7. The van der Waals surface area contributed by atoms with Gasteiger partial charge in [-0.3, -0.25) is 4.98 Å². The normalized spacial score (nSPS) is 10.3. The van der Waals surface area contributed by atoms with Crippen LogP contribution < -0.4 is 5.32 Å². The zero-order valence-electron chi connectivity index (χ0n) is 8.20. The number of rotatable bonds is 3. The van der Waals surface area contributed by atoms with Gasteiger partial charge < -0.3 is 5.32 Å². The molecule has 2 heterocycles. The third kappa shape index (κ3) is 2.76. The summed E-state index contributed by atoms with van der Waals surface area (Å²) in [6, 6.07) is 2.01. The highest BCUT2D eigenvalue weighted by molar-refractivity contribution is 9.10. The summed E-state index contributed by atoms with van der Waals surface area (Å²) in [5, 5.41) is 6.14. The summed E-state index contributed by atoms with van der Waals surface area (Å²) < 4.78 is 0.873. The maximum Gasteiger partial charge on any atom is 0.184 e. The number of nitrogens with one attached hydrogen (secondary N) is 1. The van der Waals surface area contributed by atoms with Crippen molar-refractivity contribution < 1.29 is 0 Å². The lowest BCUT2D eigenvalue weighted by molar-refractivity contribution is 1.07. The van der Waals surface area contributed by atoms with Gasteiger partial charge in [0, 0.05) is 24.3 Å². The number of hydrogen-bond acceptors (Lipinski definition) is 4. The lowest BCUT2D eigenvalue weighted by atomic mass is 10.2. The van der Waals surface area contributed by atoms with E-state index in [1.54, 1.807) is 17.5 Å². The Morgan fingerprint density at radius 2 is 2.40 bits per heavy atom. The van der Waals surface area contributed by atoms with E-state index in [0.29, 0.717) is 0 Å². The standard InChI is InChI=1S/C10H10BrN3S/c1-7-2-3-12-4-8(7)5-13-10-14-9(11)6-15-10/h2-4,6H,5H2,1H3,(H,13,14). The Morgan fingerprint density at radius 3 is 3.07 bits per heavy atom. The van der Waals surface area contributed by atoms with E-state index in [4.69, 9.17) is 0 Å². The molecule has 0 aromatic carbocycles. The molecule has 5 heteroatoms. The molecular weight excluding hydrogens is 274 g/mol. The summed E-state index contributed by atoms with van der Waals surface area (Å²) in [5.41, 5.74) is 2.44. The van der Waals surface area contributed by atoms with Crippen molar-refractivity contribution in [3.63, 3.8) is 0 Å². The number of thiazole rings is 1. The first kappa shape index (κ1) is 10.6. The van der Waals surface area contributed by atoms with Gasteiger partial charge in [0.1, 0.15) is 4.60 Å². The van der Waals surface area contributed by atoms with Crippen LogP contribution in [0.15, 0.2) is 28.4 Å². The smallest absolute Gasteiger partial charge is 0.184 e. The second kappa shape index (κ2) is 4.72. The minimum atomic E-state index is 0.764. The van der Waals surface area contributed by atoms with Gasteiger partial charge in [0.05, 0.1) is 0 Å². The Bertz CT molecular complexity index is 455. The predicted octanol–water partition coefficient (Wildman–Crippen LogP) is 3.22. The second-order valence-electron chi connectivity index (χ2n) is 3.13. The number of nitrogens with zero attached hydrogens (tertiary/aromatic N) is 2. The fourth-order valence-corrected chi connectivity index (χ4v) is 2.33. The SMILES string of the molecule is Cc1ccncc1CNc1nc(Br)cs1. The Labute approximate surface area is 101 Å². The average molecular weight is 284 g/mol. The van der Waals surface area contributed by atoms with Gasteiger partial charge in [0.2, 0.25) is 0 Å². The van der Waals surface area contributed by atoms with Crippen LogP contribution in [-0.4, -0.2) is 9.97 Å². The number of aromatic nitrogens is 2. The molecule has 0 amide bonds. The van der Waals surface area contributed by atoms with Gasteiger partial charge in [-0.1, -0.05) is 0 Å². The molecule has 3 nitrogen and oxygen atoms in total. The van der Waals surface area contributed by atoms with Gasteiger partial charge in [0.25, 0.3) is 0 Å². The van der Waals surface area contributed by atoms with Crippen LogP contribution in [-0.2, 0) is 6.54 Å². The first-order valence-electron chi connectivity index (χ1n) is 4.50. The minimum absolute atomic E-state index is 0.764. The second-order valence-corrected chi connectivity index (χ2v) is 4.80. The van der Waals surface area contributed by atoms with Gasteiger partial charge >= 0.3 is 0 Å². The van der Waals surface area contributed by atoms with Crippen molar-refractivity contribution in [3.8, 4) is 0 Å². The van der Waals surface area contributed by atoms with E-state index in [0.717, 1.165) is 16.3 Å². The Morgan fingerprint density at radius 1 is 1.53 bits per heavy atom. The molecule has 0 radical (unpaired) electrons. The molecule has 0 bridgehead atoms. The van der Waals surface area contributed by atoms with Crippen molar-refractivity contribution in [2.24, 2.45) is 0 Å². The van der Waals surface area contributed by atoms with Crippen LogP contribution >= 0.6 is 27.3 Å². The molecule has 0 fully saturated rings. The van der Waals surface area contributed by atoms with E-state index in [-0.39, 0.29) is 0 Å². The quantitative estimate of drug-likeness (QED) is 0.940. The number of hydrogen-bond donors (Lipinski definition) is 1. The van der Waals surface area contributed by atoms with Gasteiger partial charge in [-0.05, 0) is 40.0 Å². The largest absolute Gasteiger partial charge is 0.357 e. The van der Waals surface area contributed by atoms with Gasteiger partial charge in [-0.15, -0.1) is 11.3 Å². The molecule has 0 aliphatic heterocycles. The minimum Gasteiger partial charge on any atom is -0.357 e. The molecule has 2 aromatic rings. The van der Waals surface area contributed by atoms with Gasteiger partial charge in [-0.25, -0.2) is 4.98 Å². The monoisotopic (exact) mass is 283 g/mol. The first-order chi connectivity index (χ1) is 7.25. The number of halogens is 1. The van der Waals surface area contributed by atoms with E-state index >= 15 is 0 Å². The van der Waals surface area contributed by atoms with E-state index in [9.17, 15) is 0 Å². The van der Waals surface area contributed by atoms with Gasteiger partial charge in [0.15, 0.2) is 5.13 Å². The van der Waals surface area contributed by atoms with Crippen molar-refractivity contribution in [3.05, 3.63) is 39.6 Å². The Hall–Kier alpha value is -0.940. The highest BCUT2D eigenvalue weighted by Gasteiger charge is 2.00. The topological polar surface area (TPSA) is 37.8 Å². The van der Waals surface area contributed by atoms with Crippen molar-refractivity contribution in [1.82, 2.24) is 9.97 Å². The van der Waals surface area contributed by atoms with Crippen LogP contribution in [0.4, 0.5) is 5.13 Å². The third-order valence-corrected chi connectivity index (χ3v) is 3.56. The maximum atomic E-state index is 4.26. The van der Waals surface area contributed by atoms with Crippen molar-refractivity contribution in [2.75, 3.05) is 5.32 Å². The van der Waals surface area contributed by atoms with Crippen LogP contribution in [0, 0.1) is 6.92 Å². The Balaban J connectivity index is 2.02. The van der Waals surface area contributed by atoms with Crippen LogP contribution in [0.1, 0.15) is 11.1 Å².